The van der Waals surface area contributed by atoms with E-state index in [2.05, 4.69) is 14.7 Å². The minimum absolute atomic E-state index is 0.339. The molecule has 0 aliphatic carbocycles. The number of methoxy groups -OCH3 is 1. The molecule has 0 bridgehead atoms. The number of carboxylic acids is 1. The van der Waals surface area contributed by atoms with Crippen LogP contribution < -0.4 is 4.74 Å². The number of rotatable bonds is 2. The molecule has 0 unspecified atom stereocenters. The number of carboxylic acid groups (broad SMARTS) is 1. The largest absolute Gasteiger partial charge is 0.479 e. The molecule has 0 fully saturated rings. The summed E-state index contributed by atoms with van der Waals surface area (Å²) in [6.07, 6.45) is -4.34. The monoisotopic (exact) mass is 222 g/mol. The van der Waals surface area contributed by atoms with Gasteiger partial charge in [0, 0.05) is 0 Å². The van der Waals surface area contributed by atoms with Crippen molar-refractivity contribution in [2.45, 2.75) is 6.18 Å². The van der Waals surface area contributed by atoms with Gasteiger partial charge in [-0.3, -0.25) is 0 Å². The summed E-state index contributed by atoms with van der Waals surface area (Å²) in [7, 11) is 1.01. The molecule has 0 atom stereocenters. The Morgan fingerprint density at radius 2 is 2.13 bits per heavy atom. The molecular formula is C7H5F3N2O3. The lowest BCUT2D eigenvalue weighted by Crippen LogP contribution is -2.13. The molecule has 0 aliphatic rings. The second-order valence-corrected chi connectivity index (χ2v) is 2.42. The summed E-state index contributed by atoms with van der Waals surface area (Å²) in [5, 5.41) is 8.53. The minimum Gasteiger partial charge on any atom is -0.479 e. The summed E-state index contributed by atoms with van der Waals surface area (Å²) in [5.41, 5.74) is -1.96. The fourth-order valence-electron chi connectivity index (χ4n) is 0.798. The van der Waals surface area contributed by atoms with Crippen LogP contribution in [0.25, 0.3) is 0 Å². The topological polar surface area (TPSA) is 72.3 Å². The fraction of sp³-hybridized carbons (Fsp3) is 0.286. The zero-order valence-corrected chi connectivity index (χ0v) is 7.37. The molecule has 0 spiro atoms. The summed E-state index contributed by atoms with van der Waals surface area (Å²) >= 11 is 0. The van der Waals surface area contributed by atoms with E-state index in [-0.39, 0.29) is 0 Å². The predicted molar refractivity (Wildman–Crippen MR) is 40.5 cm³/mol. The highest BCUT2D eigenvalue weighted by molar-refractivity contribution is 5.87. The Labute approximate surface area is 81.5 Å². The average molecular weight is 222 g/mol. The summed E-state index contributed by atoms with van der Waals surface area (Å²) in [5.74, 6) is -2.18. The molecule has 8 heteroatoms. The van der Waals surface area contributed by atoms with Crippen molar-refractivity contribution < 1.29 is 27.8 Å². The zero-order chi connectivity index (χ0) is 11.6. The van der Waals surface area contributed by atoms with Gasteiger partial charge in [-0.25, -0.2) is 14.8 Å². The predicted octanol–water partition coefficient (Wildman–Crippen LogP) is 1.20. The number of hydrogen-bond acceptors (Lipinski definition) is 4. The fourth-order valence-corrected chi connectivity index (χ4v) is 0.798. The summed E-state index contributed by atoms with van der Waals surface area (Å²) in [4.78, 5) is 16.6. The Bertz CT molecular complexity index is 392. The van der Waals surface area contributed by atoms with E-state index in [1.807, 2.05) is 0 Å². The van der Waals surface area contributed by atoms with Crippen LogP contribution in [0.3, 0.4) is 0 Å². The highest BCUT2D eigenvalue weighted by Gasteiger charge is 2.34. The smallest absolute Gasteiger partial charge is 0.435 e. The van der Waals surface area contributed by atoms with Gasteiger partial charge in [-0.15, -0.1) is 0 Å². The SMILES string of the molecule is COc1nc(C(F)(F)F)cnc1C(=O)O. The van der Waals surface area contributed by atoms with E-state index in [1.54, 1.807) is 0 Å². The first-order valence-electron chi connectivity index (χ1n) is 3.57. The van der Waals surface area contributed by atoms with Gasteiger partial charge in [0.1, 0.15) is 0 Å². The van der Waals surface area contributed by atoms with Gasteiger partial charge in [-0.1, -0.05) is 0 Å². The molecule has 5 nitrogen and oxygen atoms in total. The van der Waals surface area contributed by atoms with E-state index >= 15 is 0 Å². The molecule has 1 heterocycles. The molecule has 1 aromatic rings. The Morgan fingerprint density at radius 3 is 2.53 bits per heavy atom. The van der Waals surface area contributed by atoms with Crippen LogP contribution in [0.1, 0.15) is 16.2 Å². The van der Waals surface area contributed by atoms with Crippen molar-refractivity contribution in [3.05, 3.63) is 17.6 Å². The number of alkyl halides is 3. The van der Waals surface area contributed by atoms with E-state index in [0.29, 0.717) is 6.20 Å². The number of hydrogen-bond donors (Lipinski definition) is 1. The Kier molecular flexibility index (Phi) is 2.78. The molecule has 0 saturated heterocycles. The van der Waals surface area contributed by atoms with E-state index < -0.39 is 29.4 Å². The van der Waals surface area contributed by atoms with Crippen LogP contribution in [-0.4, -0.2) is 28.2 Å². The second kappa shape index (κ2) is 3.71. The lowest BCUT2D eigenvalue weighted by molar-refractivity contribution is -0.141. The first-order chi connectivity index (χ1) is 6.86. The molecule has 82 valence electrons. The Morgan fingerprint density at radius 1 is 1.53 bits per heavy atom. The van der Waals surface area contributed by atoms with Gasteiger partial charge in [0.2, 0.25) is 11.6 Å². The summed E-state index contributed by atoms with van der Waals surface area (Å²) < 4.78 is 40.8. The van der Waals surface area contributed by atoms with E-state index in [0.717, 1.165) is 7.11 Å². The van der Waals surface area contributed by atoms with Crippen LogP contribution in [0.4, 0.5) is 13.2 Å². The standard InChI is InChI=1S/C7H5F3N2O3/c1-15-5-4(6(13)14)11-2-3(12-5)7(8,9)10/h2H,1H3,(H,13,14). The number of halogens is 3. The van der Waals surface area contributed by atoms with Crippen LogP contribution in [0.5, 0.6) is 5.88 Å². The molecule has 0 saturated carbocycles. The number of nitrogens with zero attached hydrogens (tertiary/aromatic N) is 2. The highest BCUT2D eigenvalue weighted by atomic mass is 19.4. The quantitative estimate of drug-likeness (QED) is 0.813. The van der Waals surface area contributed by atoms with Crippen molar-refractivity contribution in [1.29, 1.82) is 0 Å². The van der Waals surface area contributed by atoms with Gasteiger partial charge in [-0.05, 0) is 0 Å². The maximum absolute atomic E-state index is 12.1. The number of ether oxygens (including phenoxy) is 1. The minimum atomic E-state index is -4.68. The number of aromatic nitrogens is 2. The molecule has 1 aromatic heterocycles. The average Bonchev–Trinajstić information content (AvgIpc) is 2.15. The van der Waals surface area contributed by atoms with Crippen LogP contribution in [0, 0.1) is 0 Å². The Hall–Kier alpha value is -1.86. The van der Waals surface area contributed by atoms with Gasteiger partial charge in [0.05, 0.1) is 13.3 Å². The van der Waals surface area contributed by atoms with Gasteiger partial charge in [-0.2, -0.15) is 13.2 Å². The number of aromatic carboxylic acids is 1. The Balaban J connectivity index is 3.25. The molecule has 15 heavy (non-hydrogen) atoms. The summed E-state index contributed by atoms with van der Waals surface area (Å²) in [6.45, 7) is 0. The van der Waals surface area contributed by atoms with Crippen molar-refractivity contribution in [2.24, 2.45) is 0 Å². The van der Waals surface area contributed by atoms with Crippen molar-refractivity contribution >= 4 is 5.97 Å². The van der Waals surface area contributed by atoms with E-state index in [9.17, 15) is 18.0 Å². The molecular weight excluding hydrogens is 217 g/mol. The maximum atomic E-state index is 12.1. The highest BCUT2D eigenvalue weighted by Crippen LogP contribution is 2.28. The normalized spacial score (nSPS) is 11.2. The lowest BCUT2D eigenvalue weighted by Gasteiger charge is -2.07. The molecule has 0 radical (unpaired) electrons. The molecule has 1 rings (SSSR count). The zero-order valence-electron chi connectivity index (χ0n) is 7.37. The van der Waals surface area contributed by atoms with Gasteiger partial charge < -0.3 is 9.84 Å². The van der Waals surface area contributed by atoms with Crippen molar-refractivity contribution in [1.82, 2.24) is 9.97 Å². The van der Waals surface area contributed by atoms with Gasteiger partial charge in [0.25, 0.3) is 0 Å². The van der Waals surface area contributed by atoms with Crippen LogP contribution in [0.15, 0.2) is 6.20 Å². The lowest BCUT2D eigenvalue weighted by atomic mass is 10.4. The second-order valence-electron chi connectivity index (χ2n) is 2.42. The van der Waals surface area contributed by atoms with Crippen molar-refractivity contribution in [3.63, 3.8) is 0 Å². The molecule has 1 N–H and O–H groups in total. The first-order valence-corrected chi connectivity index (χ1v) is 3.57. The first kappa shape index (κ1) is 11.2. The van der Waals surface area contributed by atoms with E-state index in [4.69, 9.17) is 5.11 Å². The third-order valence-corrected chi connectivity index (χ3v) is 1.43. The third-order valence-electron chi connectivity index (χ3n) is 1.43. The van der Waals surface area contributed by atoms with Crippen LogP contribution in [0.2, 0.25) is 0 Å². The molecule has 0 aromatic carbocycles. The van der Waals surface area contributed by atoms with Crippen molar-refractivity contribution in [3.8, 4) is 5.88 Å². The van der Waals surface area contributed by atoms with E-state index in [1.165, 1.54) is 0 Å². The third kappa shape index (κ3) is 2.33. The van der Waals surface area contributed by atoms with Gasteiger partial charge >= 0.3 is 12.1 Å². The molecule has 0 amide bonds. The number of carbonyl (C=O) groups is 1. The molecule has 0 aliphatic heterocycles. The van der Waals surface area contributed by atoms with Crippen LogP contribution in [-0.2, 0) is 6.18 Å². The van der Waals surface area contributed by atoms with Crippen LogP contribution >= 0.6 is 0 Å². The maximum Gasteiger partial charge on any atom is 0.435 e. The summed E-state index contributed by atoms with van der Waals surface area (Å²) in [6, 6.07) is 0. The van der Waals surface area contributed by atoms with Crippen molar-refractivity contribution in [2.75, 3.05) is 7.11 Å². The van der Waals surface area contributed by atoms with Gasteiger partial charge in [0.15, 0.2) is 5.69 Å².